The van der Waals surface area contributed by atoms with Crippen molar-refractivity contribution in [2.45, 2.75) is 64.3 Å². The quantitative estimate of drug-likeness (QED) is 0.860. The fourth-order valence-electron chi connectivity index (χ4n) is 4.86. The molecule has 3 aliphatic rings. The minimum absolute atomic E-state index is 0.218. The van der Waals surface area contributed by atoms with E-state index in [2.05, 4.69) is 10.3 Å². The summed E-state index contributed by atoms with van der Waals surface area (Å²) < 4.78 is 5.21. The summed E-state index contributed by atoms with van der Waals surface area (Å²) in [5.74, 6) is 2.56. The van der Waals surface area contributed by atoms with E-state index in [1.165, 1.54) is 43.2 Å². The number of nitrogens with zero attached hydrogens (tertiary/aromatic N) is 1. The first-order valence-electron chi connectivity index (χ1n) is 9.20. The zero-order chi connectivity index (χ0) is 15.8. The molecule has 0 saturated heterocycles. The van der Waals surface area contributed by atoms with Crippen LogP contribution in [0.5, 0.6) is 0 Å². The van der Waals surface area contributed by atoms with Crippen LogP contribution in [-0.2, 0) is 17.6 Å². The molecule has 1 N–H and O–H groups in total. The number of aromatic nitrogens is 1. The van der Waals surface area contributed by atoms with E-state index < -0.39 is 0 Å². The van der Waals surface area contributed by atoms with Gasteiger partial charge in [-0.3, -0.25) is 0 Å². The second-order valence-electron chi connectivity index (χ2n) is 7.33. The van der Waals surface area contributed by atoms with Gasteiger partial charge < -0.3 is 10.1 Å². The number of hydrogen-bond donors (Lipinski definition) is 1. The van der Waals surface area contributed by atoms with Crippen LogP contribution in [0, 0.1) is 11.8 Å². The Kier molecular flexibility index (Phi) is 4.00. The first-order valence-corrected chi connectivity index (χ1v) is 9.20. The van der Waals surface area contributed by atoms with Gasteiger partial charge in [0.05, 0.1) is 12.2 Å². The molecule has 0 unspecified atom stereocenters. The van der Waals surface area contributed by atoms with Gasteiger partial charge in [-0.25, -0.2) is 9.78 Å². The van der Waals surface area contributed by atoms with Crippen molar-refractivity contribution in [2.75, 3.05) is 11.9 Å². The fourth-order valence-corrected chi connectivity index (χ4v) is 4.86. The van der Waals surface area contributed by atoms with E-state index in [9.17, 15) is 4.79 Å². The third-order valence-electron chi connectivity index (χ3n) is 5.96. The van der Waals surface area contributed by atoms with Crippen LogP contribution in [0.3, 0.4) is 0 Å². The van der Waals surface area contributed by atoms with E-state index in [1.807, 2.05) is 6.92 Å². The van der Waals surface area contributed by atoms with Gasteiger partial charge in [0.25, 0.3) is 0 Å². The number of nitrogens with one attached hydrogen (secondary N) is 1. The van der Waals surface area contributed by atoms with Crippen molar-refractivity contribution in [1.82, 2.24) is 4.98 Å². The van der Waals surface area contributed by atoms with E-state index in [1.54, 1.807) is 6.20 Å². The largest absolute Gasteiger partial charge is 0.462 e. The van der Waals surface area contributed by atoms with E-state index in [0.717, 1.165) is 36.9 Å². The molecule has 0 spiro atoms. The monoisotopic (exact) mass is 314 g/mol. The predicted molar refractivity (Wildman–Crippen MR) is 89.7 cm³/mol. The lowest BCUT2D eigenvalue weighted by molar-refractivity contribution is 0.0524. The van der Waals surface area contributed by atoms with E-state index in [4.69, 9.17) is 4.74 Å². The molecular weight excluding hydrogens is 288 g/mol. The third kappa shape index (κ3) is 2.73. The molecule has 1 aromatic heterocycles. The summed E-state index contributed by atoms with van der Waals surface area (Å²) in [7, 11) is 0. The highest BCUT2D eigenvalue weighted by atomic mass is 16.5. The molecule has 2 fully saturated rings. The fraction of sp³-hybridized carbons (Fsp3) is 0.684. The van der Waals surface area contributed by atoms with Crippen molar-refractivity contribution in [3.8, 4) is 0 Å². The highest BCUT2D eigenvalue weighted by Crippen LogP contribution is 2.46. The number of hydrogen-bond acceptors (Lipinski definition) is 4. The SMILES string of the molecule is CCOC(=O)c1cnc(N[C@@H]2C[C@H]3CC[C@@H]2C3)c2c1CCCC2. The van der Waals surface area contributed by atoms with Gasteiger partial charge in [-0.2, -0.15) is 0 Å². The number of carbonyl (C=O) groups is 1. The van der Waals surface area contributed by atoms with Gasteiger partial charge in [0.2, 0.25) is 0 Å². The van der Waals surface area contributed by atoms with Crippen molar-refractivity contribution in [3.63, 3.8) is 0 Å². The highest BCUT2D eigenvalue weighted by molar-refractivity contribution is 5.91. The highest BCUT2D eigenvalue weighted by Gasteiger charge is 2.40. The summed E-state index contributed by atoms with van der Waals surface area (Å²) in [5, 5.41) is 3.74. The average molecular weight is 314 g/mol. The van der Waals surface area contributed by atoms with Crippen LogP contribution in [0.2, 0.25) is 0 Å². The van der Waals surface area contributed by atoms with Crippen LogP contribution in [0.4, 0.5) is 5.82 Å². The molecule has 0 radical (unpaired) electrons. The second-order valence-corrected chi connectivity index (χ2v) is 7.33. The predicted octanol–water partition coefficient (Wildman–Crippen LogP) is 3.74. The first-order chi connectivity index (χ1) is 11.3. The molecule has 124 valence electrons. The minimum Gasteiger partial charge on any atom is -0.462 e. The van der Waals surface area contributed by atoms with Crippen molar-refractivity contribution >= 4 is 11.8 Å². The van der Waals surface area contributed by atoms with Crippen molar-refractivity contribution in [2.24, 2.45) is 11.8 Å². The Bertz CT molecular complexity index is 614. The maximum absolute atomic E-state index is 12.2. The summed E-state index contributed by atoms with van der Waals surface area (Å²) >= 11 is 0. The minimum atomic E-state index is -0.218. The van der Waals surface area contributed by atoms with Crippen molar-refractivity contribution in [1.29, 1.82) is 0 Å². The zero-order valence-electron chi connectivity index (χ0n) is 13.9. The lowest BCUT2D eigenvalue weighted by Crippen LogP contribution is -2.28. The van der Waals surface area contributed by atoms with Gasteiger partial charge in [0.1, 0.15) is 5.82 Å². The molecule has 3 atom stereocenters. The summed E-state index contributed by atoms with van der Waals surface area (Å²) in [5.41, 5.74) is 3.12. The summed E-state index contributed by atoms with van der Waals surface area (Å²) in [4.78, 5) is 16.8. The molecule has 2 saturated carbocycles. The molecule has 4 nitrogen and oxygen atoms in total. The Labute approximate surface area is 138 Å². The van der Waals surface area contributed by atoms with Gasteiger partial charge in [0.15, 0.2) is 0 Å². The summed E-state index contributed by atoms with van der Waals surface area (Å²) in [6.45, 7) is 2.27. The lowest BCUT2D eigenvalue weighted by atomic mass is 9.88. The molecule has 23 heavy (non-hydrogen) atoms. The Morgan fingerprint density at radius 1 is 1.26 bits per heavy atom. The molecule has 2 bridgehead atoms. The number of carbonyl (C=O) groups excluding carboxylic acids is 1. The Balaban J connectivity index is 1.61. The lowest BCUT2D eigenvalue weighted by Gasteiger charge is -2.27. The van der Waals surface area contributed by atoms with Crippen molar-refractivity contribution < 1.29 is 9.53 Å². The molecule has 0 aliphatic heterocycles. The molecule has 1 aromatic rings. The normalized spacial score (nSPS) is 28.5. The maximum atomic E-state index is 12.2. The van der Waals surface area contributed by atoms with E-state index in [-0.39, 0.29) is 5.97 Å². The number of ether oxygens (including phenoxy) is 1. The van der Waals surface area contributed by atoms with Gasteiger partial charge in [-0.15, -0.1) is 0 Å². The topological polar surface area (TPSA) is 51.2 Å². The van der Waals surface area contributed by atoms with Crippen LogP contribution in [0.25, 0.3) is 0 Å². The molecule has 3 aliphatic carbocycles. The first kappa shape index (κ1) is 15.0. The summed E-state index contributed by atoms with van der Waals surface area (Å²) in [6, 6.07) is 0.584. The van der Waals surface area contributed by atoms with Gasteiger partial charge in [-0.05, 0) is 74.8 Å². The number of pyridine rings is 1. The van der Waals surface area contributed by atoms with E-state index in [0.29, 0.717) is 18.2 Å². The van der Waals surface area contributed by atoms with Gasteiger partial charge in [0, 0.05) is 12.2 Å². The van der Waals surface area contributed by atoms with Crippen LogP contribution >= 0.6 is 0 Å². The van der Waals surface area contributed by atoms with Gasteiger partial charge in [-0.1, -0.05) is 6.42 Å². The van der Waals surface area contributed by atoms with Crippen LogP contribution in [0.1, 0.15) is 66.9 Å². The average Bonchev–Trinajstić information content (AvgIpc) is 3.18. The Morgan fingerprint density at radius 3 is 2.78 bits per heavy atom. The zero-order valence-corrected chi connectivity index (χ0v) is 13.9. The molecule has 4 rings (SSSR count). The summed E-state index contributed by atoms with van der Waals surface area (Å²) in [6.07, 6.45) is 11.5. The molecule has 0 aromatic carbocycles. The number of anilines is 1. The standard InChI is InChI=1S/C19H26N2O2/c1-2-23-19(22)16-11-20-18(15-6-4-3-5-14(15)16)21-17-10-12-7-8-13(17)9-12/h11-13,17H,2-10H2,1H3,(H,20,21)/t12-,13+,17+/m0/s1. The second kappa shape index (κ2) is 6.14. The number of esters is 1. The molecular formula is C19H26N2O2. The van der Waals surface area contributed by atoms with Gasteiger partial charge >= 0.3 is 5.97 Å². The Hall–Kier alpha value is -1.58. The number of rotatable bonds is 4. The maximum Gasteiger partial charge on any atom is 0.339 e. The molecule has 1 heterocycles. The van der Waals surface area contributed by atoms with Crippen LogP contribution in [0.15, 0.2) is 6.20 Å². The molecule has 4 heteroatoms. The smallest absolute Gasteiger partial charge is 0.339 e. The van der Waals surface area contributed by atoms with Crippen LogP contribution < -0.4 is 5.32 Å². The third-order valence-corrected chi connectivity index (χ3v) is 5.96. The van der Waals surface area contributed by atoms with E-state index >= 15 is 0 Å². The molecule has 0 amide bonds. The van der Waals surface area contributed by atoms with Crippen molar-refractivity contribution in [3.05, 3.63) is 22.9 Å². The van der Waals surface area contributed by atoms with Crippen LogP contribution in [-0.4, -0.2) is 23.6 Å². The number of fused-ring (bicyclic) bond motifs is 3. The Morgan fingerprint density at radius 2 is 2.09 bits per heavy atom.